The summed E-state index contributed by atoms with van der Waals surface area (Å²) in [5.74, 6) is 0. The van der Waals surface area contributed by atoms with Crippen LogP contribution in [-0.2, 0) is 15.9 Å². The Morgan fingerprint density at radius 3 is 2.44 bits per heavy atom. The number of aliphatic hydroxyl groups excluding tert-OH is 1. The first kappa shape index (κ1) is 13.1. The van der Waals surface area contributed by atoms with Crippen molar-refractivity contribution in [2.75, 3.05) is 13.2 Å². The van der Waals surface area contributed by atoms with Crippen LogP contribution < -0.4 is 0 Å². The van der Waals surface area contributed by atoms with Crippen LogP contribution in [0.1, 0.15) is 19.5 Å². The highest BCUT2D eigenvalue weighted by Gasteiger charge is 2.20. The predicted molar refractivity (Wildman–Crippen MR) is 61.0 cm³/mol. The second-order valence-electron chi connectivity index (χ2n) is 3.37. The number of nitrogens with zero attached hydrogens (tertiary/aromatic N) is 1. The average molecular weight is 225 g/mol. The number of ether oxygens (including phenoxy) is 2. The molecule has 0 radical (unpaired) electrons. The van der Waals surface area contributed by atoms with Gasteiger partial charge < -0.3 is 14.6 Å². The molecule has 1 heterocycles. The van der Waals surface area contributed by atoms with Crippen molar-refractivity contribution in [2.45, 2.75) is 32.7 Å². The second kappa shape index (κ2) is 7.33. The summed E-state index contributed by atoms with van der Waals surface area (Å²) < 4.78 is 10.6. The van der Waals surface area contributed by atoms with E-state index in [4.69, 9.17) is 9.47 Å². The van der Waals surface area contributed by atoms with Gasteiger partial charge in [-0.25, -0.2) is 0 Å². The fourth-order valence-corrected chi connectivity index (χ4v) is 1.43. The first-order chi connectivity index (χ1) is 7.77. The Bertz CT molecular complexity index is 273. The zero-order chi connectivity index (χ0) is 11.8. The number of hydrogen-bond acceptors (Lipinski definition) is 4. The summed E-state index contributed by atoms with van der Waals surface area (Å²) in [6.07, 6.45) is 0.885. The standard InChI is InChI=1S/C12H19NO3/c1-3-15-12(16-4-2)11(14)9-10-7-5-6-8-13-10/h5-8,11-12,14H,3-4,9H2,1-2H3. The first-order valence-electron chi connectivity index (χ1n) is 5.59. The van der Waals surface area contributed by atoms with E-state index in [1.807, 2.05) is 32.0 Å². The van der Waals surface area contributed by atoms with Crippen LogP contribution in [0, 0.1) is 0 Å². The van der Waals surface area contributed by atoms with Crippen LogP contribution in [0.3, 0.4) is 0 Å². The van der Waals surface area contributed by atoms with E-state index in [0.29, 0.717) is 19.6 Å². The van der Waals surface area contributed by atoms with E-state index in [2.05, 4.69) is 4.98 Å². The summed E-state index contributed by atoms with van der Waals surface area (Å²) in [7, 11) is 0. The molecule has 0 bridgehead atoms. The van der Waals surface area contributed by atoms with Crippen LogP contribution in [0.25, 0.3) is 0 Å². The van der Waals surface area contributed by atoms with Crippen molar-refractivity contribution in [3.05, 3.63) is 30.1 Å². The van der Waals surface area contributed by atoms with Gasteiger partial charge in [-0.05, 0) is 26.0 Å². The van der Waals surface area contributed by atoms with Gasteiger partial charge in [-0.3, -0.25) is 4.98 Å². The highest BCUT2D eigenvalue weighted by Crippen LogP contribution is 2.08. The molecule has 0 amide bonds. The van der Waals surface area contributed by atoms with Gasteiger partial charge in [-0.2, -0.15) is 0 Å². The van der Waals surface area contributed by atoms with Gasteiger partial charge in [0.15, 0.2) is 6.29 Å². The summed E-state index contributed by atoms with van der Waals surface area (Å²) in [5, 5.41) is 9.93. The molecule has 0 aliphatic rings. The molecule has 0 aromatic carbocycles. The first-order valence-corrected chi connectivity index (χ1v) is 5.59. The lowest BCUT2D eigenvalue weighted by Crippen LogP contribution is -2.33. The quantitative estimate of drug-likeness (QED) is 0.712. The molecule has 1 aromatic rings. The lowest BCUT2D eigenvalue weighted by Gasteiger charge is -2.22. The molecule has 0 saturated carbocycles. The third kappa shape index (κ3) is 4.26. The molecule has 0 aliphatic heterocycles. The molecule has 4 heteroatoms. The minimum absolute atomic E-state index is 0.436. The minimum Gasteiger partial charge on any atom is -0.387 e. The van der Waals surface area contributed by atoms with Gasteiger partial charge in [0.1, 0.15) is 6.10 Å². The zero-order valence-electron chi connectivity index (χ0n) is 9.80. The van der Waals surface area contributed by atoms with Gasteiger partial charge in [0.2, 0.25) is 0 Å². The van der Waals surface area contributed by atoms with Crippen molar-refractivity contribution < 1.29 is 14.6 Å². The molecular formula is C12H19NO3. The fourth-order valence-electron chi connectivity index (χ4n) is 1.43. The molecule has 1 aromatic heterocycles. The summed E-state index contributed by atoms with van der Waals surface area (Å²) in [4.78, 5) is 4.15. The lowest BCUT2D eigenvalue weighted by atomic mass is 10.2. The molecule has 0 saturated heterocycles. The molecule has 16 heavy (non-hydrogen) atoms. The summed E-state index contributed by atoms with van der Waals surface area (Å²) in [6, 6.07) is 5.61. The third-order valence-electron chi connectivity index (χ3n) is 2.12. The third-order valence-corrected chi connectivity index (χ3v) is 2.12. The van der Waals surface area contributed by atoms with Crippen molar-refractivity contribution in [2.24, 2.45) is 0 Å². The van der Waals surface area contributed by atoms with Crippen LogP contribution in [0.5, 0.6) is 0 Å². The van der Waals surface area contributed by atoms with Crippen molar-refractivity contribution in [3.8, 4) is 0 Å². The average Bonchev–Trinajstić information content (AvgIpc) is 2.30. The molecule has 1 rings (SSSR count). The number of hydrogen-bond donors (Lipinski definition) is 1. The Kier molecular flexibility index (Phi) is 6.00. The van der Waals surface area contributed by atoms with E-state index >= 15 is 0 Å². The summed E-state index contributed by atoms with van der Waals surface area (Å²) in [6.45, 7) is 4.78. The van der Waals surface area contributed by atoms with E-state index in [1.165, 1.54) is 0 Å². The molecular weight excluding hydrogens is 206 g/mol. The van der Waals surface area contributed by atoms with Crippen molar-refractivity contribution in [1.29, 1.82) is 0 Å². The molecule has 0 spiro atoms. The topological polar surface area (TPSA) is 51.6 Å². The Morgan fingerprint density at radius 2 is 1.94 bits per heavy atom. The lowest BCUT2D eigenvalue weighted by molar-refractivity contribution is -0.189. The van der Waals surface area contributed by atoms with Gasteiger partial charge in [0.05, 0.1) is 0 Å². The van der Waals surface area contributed by atoms with E-state index in [0.717, 1.165) is 5.69 Å². The van der Waals surface area contributed by atoms with Crippen LogP contribution >= 0.6 is 0 Å². The van der Waals surface area contributed by atoms with Crippen LogP contribution in [0.4, 0.5) is 0 Å². The fraction of sp³-hybridized carbons (Fsp3) is 0.583. The number of aliphatic hydroxyl groups is 1. The maximum atomic E-state index is 9.93. The predicted octanol–water partition coefficient (Wildman–Crippen LogP) is 1.38. The summed E-state index contributed by atoms with van der Waals surface area (Å²) in [5.41, 5.74) is 0.833. The van der Waals surface area contributed by atoms with Crippen LogP contribution in [0.15, 0.2) is 24.4 Å². The highest BCUT2D eigenvalue weighted by atomic mass is 16.7. The Hall–Kier alpha value is -0.970. The van der Waals surface area contributed by atoms with Gasteiger partial charge in [0.25, 0.3) is 0 Å². The van der Waals surface area contributed by atoms with Crippen molar-refractivity contribution in [1.82, 2.24) is 4.98 Å². The largest absolute Gasteiger partial charge is 0.387 e. The molecule has 0 fully saturated rings. The van der Waals surface area contributed by atoms with Gasteiger partial charge in [-0.1, -0.05) is 6.07 Å². The van der Waals surface area contributed by atoms with E-state index in [9.17, 15) is 5.11 Å². The SMILES string of the molecule is CCOC(OCC)C(O)Cc1ccccn1. The maximum Gasteiger partial charge on any atom is 0.183 e. The summed E-state index contributed by atoms with van der Waals surface area (Å²) >= 11 is 0. The molecule has 4 nitrogen and oxygen atoms in total. The zero-order valence-corrected chi connectivity index (χ0v) is 9.80. The van der Waals surface area contributed by atoms with E-state index in [1.54, 1.807) is 6.20 Å². The van der Waals surface area contributed by atoms with Crippen molar-refractivity contribution >= 4 is 0 Å². The number of aromatic nitrogens is 1. The molecule has 1 N–H and O–H groups in total. The highest BCUT2D eigenvalue weighted by molar-refractivity contribution is 5.04. The number of rotatable bonds is 7. The van der Waals surface area contributed by atoms with E-state index in [-0.39, 0.29) is 0 Å². The molecule has 90 valence electrons. The molecule has 1 unspecified atom stereocenters. The Labute approximate surface area is 96.2 Å². The normalized spacial score (nSPS) is 13.0. The maximum absolute atomic E-state index is 9.93. The monoisotopic (exact) mass is 225 g/mol. The van der Waals surface area contributed by atoms with Gasteiger partial charge in [-0.15, -0.1) is 0 Å². The van der Waals surface area contributed by atoms with E-state index < -0.39 is 12.4 Å². The van der Waals surface area contributed by atoms with Crippen LogP contribution in [-0.4, -0.2) is 35.7 Å². The number of pyridine rings is 1. The van der Waals surface area contributed by atoms with Gasteiger partial charge in [0, 0.05) is 31.5 Å². The second-order valence-corrected chi connectivity index (χ2v) is 3.37. The van der Waals surface area contributed by atoms with Crippen LogP contribution in [0.2, 0.25) is 0 Å². The van der Waals surface area contributed by atoms with Gasteiger partial charge >= 0.3 is 0 Å². The molecule has 1 atom stereocenters. The Balaban J connectivity index is 2.51. The minimum atomic E-state index is -0.685. The smallest absolute Gasteiger partial charge is 0.183 e. The Morgan fingerprint density at radius 1 is 1.25 bits per heavy atom. The molecule has 0 aliphatic carbocycles. The van der Waals surface area contributed by atoms with Crippen molar-refractivity contribution in [3.63, 3.8) is 0 Å².